The minimum absolute atomic E-state index is 0.0765. The van der Waals surface area contributed by atoms with Gasteiger partial charge in [-0.25, -0.2) is 0 Å². The predicted octanol–water partition coefficient (Wildman–Crippen LogP) is 1.59. The lowest BCUT2D eigenvalue weighted by Gasteiger charge is -2.30. The zero-order valence-electron chi connectivity index (χ0n) is 12.2. The van der Waals surface area contributed by atoms with E-state index in [0.29, 0.717) is 6.54 Å². The van der Waals surface area contributed by atoms with Gasteiger partial charge in [-0.05, 0) is 43.5 Å². The molecule has 2 amide bonds. The zero-order valence-corrected chi connectivity index (χ0v) is 12.2. The Hall–Kier alpha value is -2.04. The Kier molecular flexibility index (Phi) is 4.27. The fourth-order valence-electron chi connectivity index (χ4n) is 2.20. The zero-order chi connectivity index (χ0) is 14.7. The highest BCUT2D eigenvalue weighted by atomic mass is 16.2. The number of rotatable bonds is 4. The SMILES string of the molecule is CCCNC(=O)CN1C(=O)CNc2cc(C)c(C)cc21. The van der Waals surface area contributed by atoms with E-state index in [0.717, 1.165) is 23.4 Å². The molecular formula is C15H21N3O2. The maximum atomic E-state index is 12.0. The molecule has 0 radical (unpaired) electrons. The molecule has 0 spiro atoms. The Bertz CT molecular complexity index is 540. The molecule has 0 bridgehead atoms. The fraction of sp³-hybridized carbons (Fsp3) is 0.467. The van der Waals surface area contributed by atoms with Crippen molar-refractivity contribution in [1.29, 1.82) is 0 Å². The molecule has 1 aromatic carbocycles. The first-order valence-electron chi connectivity index (χ1n) is 6.95. The number of carbonyl (C=O) groups is 2. The molecule has 0 saturated heterocycles. The first-order chi connectivity index (χ1) is 9.52. The van der Waals surface area contributed by atoms with E-state index in [1.54, 1.807) is 4.90 Å². The van der Waals surface area contributed by atoms with Crippen LogP contribution in [0.4, 0.5) is 11.4 Å². The quantitative estimate of drug-likeness (QED) is 0.877. The number of aryl methyl sites for hydroxylation is 2. The molecule has 0 aromatic heterocycles. The second-order valence-corrected chi connectivity index (χ2v) is 5.14. The summed E-state index contributed by atoms with van der Waals surface area (Å²) in [7, 11) is 0. The van der Waals surface area contributed by atoms with Crippen molar-refractivity contribution in [2.24, 2.45) is 0 Å². The van der Waals surface area contributed by atoms with Crippen molar-refractivity contribution in [2.75, 3.05) is 29.9 Å². The standard InChI is InChI=1S/C15H21N3O2/c1-4-5-16-14(19)9-18-13-7-11(3)10(2)6-12(13)17-8-15(18)20/h6-7,17H,4-5,8-9H2,1-3H3,(H,16,19). The highest BCUT2D eigenvalue weighted by Gasteiger charge is 2.26. The van der Waals surface area contributed by atoms with Crippen LogP contribution >= 0.6 is 0 Å². The molecule has 1 aliphatic rings. The van der Waals surface area contributed by atoms with Crippen molar-refractivity contribution in [2.45, 2.75) is 27.2 Å². The lowest BCUT2D eigenvalue weighted by Crippen LogP contribution is -2.46. The summed E-state index contributed by atoms with van der Waals surface area (Å²) >= 11 is 0. The number of nitrogens with zero attached hydrogens (tertiary/aromatic N) is 1. The summed E-state index contributed by atoms with van der Waals surface area (Å²) in [5, 5.41) is 5.91. The van der Waals surface area contributed by atoms with E-state index in [1.807, 2.05) is 32.9 Å². The topological polar surface area (TPSA) is 61.4 Å². The van der Waals surface area contributed by atoms with Crippen molar-refractivity contribution < 1.29 is 9.59 Å². The van der Waals surface area contributed by atoms with Gasteiger partial charge in [0, 0.05) is 6.54 Å². The fourth-order valence-corrected chi connectivity index (χ4v) is 2.20. The Labute approximate surface area is 119 Å². The Morgan fingerprint density at radius 3 is 2.75 bits per heavy atom. The third kappa shape index (κ3) is 2.92. The molecule has 1 aliphatic heterocycles. The summed E-state index contributed by atoms with van der Waals surface area (Å²) in [5.74, 6) is -0.196. The summed E-state index contributed by atoms with van der Waals surface area (Å²) < 4.78 is 0. The van der Waals surface area contributed by atoms with Crippen molar-refractivity contribution in [3.8, 4) is 0 Å². The van der Waals surface area contributed by atoms with E-state index < -0.39 is 0 Å². The van der Waals surface area contributed by atoms with Crippen LogP contribution in [0.3, 0.4) is 0 Å². The number of anilines is 2. The van der Waals surface area contributed by atoms with E-state index in [4.69, 9.17) is 0 Å². The van der Waals surface area contributed by atoms with Crippen LogP contribution in [0, 0.1) is 13.8 Å². The van der Waals surface area contributed by atoms with Gasteiger partial charge < -0.3 is 10.6 Å². The van der Waals surface area contributed by atoms with E-state index in [1.165, 1.54) is 5.56 Å². The minimum Gasteiger partial charge on any atom is -0.374 e. The van der Waals surface area contributed by atoms with Crippen molar-refractivity contribution in [1.82, 2.24) is 5.32 Å². The van der Waals surface area contributed by atoms with Gasteiger partial charge in [0.25, 0.3) is 0 Å². The van der Waals surface area contributed by atoms with Crippen molar-refractivity contribution in [3.05, 3.63) is 23.3 Å². The highest BCUT2D eigenvalue weighted by Crippen LogP contribution is 2.32. The van der Waals surface area contributed by atoms with Gasteiger partial charge in [-0.15, -0.1) is 0 Å². The molecule has 0 aliphatic carbocycles. The molecule has 1 aromatic rings. The molecule has 108 valence electrons. The van der Waals surface area contributed by atoms with Crippen LogP contribution in [0.1, 0.15) is 24.5 Å². The Morgan fingerprint density at radius 1 is 1.35 bits per heavy atom. The van der Waals surface area contributed by atoms with Gasteiger partial charge in [-0.3, -0.25) is 14.5 Å². The normalized spacial score (nSPS) is 13.8. The van der Waals surface area contributed by atoms with E-state index in [2.05, 4.69) is 10.6 Å². The summed E-state index contributed by atoms with van der Waals surface area (Å²) in [6, 6.07) is 3.98. The van der Waals surface area contributed by atoms with Crippen LogP contribution in [0.15, 0.2) is 12.1 Å². The monoisotopic (exact) mass is 275 g/mol. The third-order valence-electron chi connectivity index (χ3n) is 3.51. The molecular weight excluding hydrogens is 254 g/mol. The number of hydrogen-bond donors (Lipinski definition) is 2. The molecule has 2 rings (SSSR count). The lowest BCUT2D eigenvalue weighted by molar-refractivity contribution is -0.123. The summed E-state index contributed by atoms with van der Waals surface area (Å²) in [6.07, 6.45) is 0.885. The first-order valence-corrected chi connectivity index (χ1v) is 6.95. The first kappa shape index (κ1) is 14.4. The molecule has 0 fully saturated rings. The Morgan fingerprint density at radius 2 is 2.05 bits per heavy atom. The molecule has 0 saturated carbocycles. The Balaban J connectivity index is 2.23. The molecule has 0 atom stereocenters. The number of benzene rings is 1. The smallest absolute Gasteiger partial charge is 0.246 e. The summed E-state index contributed by atoms with van der Waals surface area (Å²) in [4.78, 5) is 25.5. The highest BCUT2D eigenvalue weighted by molar-refractivity contribution is 6.06. The number of carbonyl (C=O) groups excluding carboxylic acids is 2. The van der Waals surface area contributed by atoms with Crippen LogP contribution in [0.2, 0.25) is 0 Å². The van der Waals surface area contributed by atoms with Crippen molar-refractivity contribution in [3.63, 3.8) is 0 Å². The average Bonchev–Trinajstić information content (AvgIpc) is 2.42. The maximum Gasteiger partial charge on any atom is 0.246 e. The van der Waals surface area contributed by atoms with Crippen LogP contribution in [0.25, 0.3) is 0 Å². The van der Waals surface area contributed by atoms with Crippen LogP contribution < -0.4 is 15.5 Å². The summed E-state index contributed by atoms with van der Waals surface area (Å²) in [5.41, 5.74) is 3.98. The van der Waals surface area contributed by atoms with Gasteiger partial charge >= 0.3 is 0 Å². The number of fused-ring (bicyclic) bond motifs is 1. The predicted molar refractivity (Wildman–Crippen MR) is 80.1 cm³/mol. The molecule has 20 heavy (non-hydrogen) atoms. The van der Waals surface area contributed by atoms with Crippen LogP contribution in [0.5, 0.6) is 0 Å². The van der Waals surface area contributed by atoms with Gasteiger partial charge in [0.1, 0.15) is 6.54 Å². The molecule has 2 N–H and O–H groups in total. The van der Waals surface area contributed by atoms with Crippen LogP contribution in [-0.2, 0) is 9.59 Å². The van der Waals surface area contributed by atoms with E-state index in [9.17, 15) is 9.59 Å². The van der Waals surface area contributed by atoms with E-state index in [-0.39, 0.29) is 24.9 Å². The van der Waals surface area contributed by atoms with Gasteiger partial charge in [0.15, 0.2) is 0 Å². The second-order valence-electron chi connectivity index (χ2n) is 5.14. The second kappa shape index (κ2) is 5.94. The summed E-state index contributed by atoms with van der Waals surface area (Å²) in [6.45, 7) is 6.99. The molecule has 0 unspecified atom stereocenters. The van der Waals surface area contributed by atoms with Crippen molar-refractivity contribution >= 4 is 23.2 Å². The molecule has 5 heteroatoms. The number of amides is 2. The minimum atomic E-state index is -0.119. The lowest BCUT2D eigenvalue weighted by atomic mass is 10.1. The van der Waals surface area contributed by atoms with Gasteiger partial charge in [-0.1, -0.05) is 6.92 Å². The van der Waals surface area contributed by atoms with E-state index >= 15 is 0 Å². The van der Waals surface area contributed by atoms with Crippen LogP contribution in [-0.4, -0.2) is 31.4 Å². The van der Waals surface area contributed by atoms with Gasteiger partial charge in [0.2, 0.25) is 11.8 Å². The van der Waals surface area contributed by atoms with Gasteiger partial charge in [0.05, 0.1) is 17.9 Å². The third-order valence-corrected chi connectivity index (χ3v) is 3.51. The molecule has 1 heterocycles. The maximum absolute atomic E-state index is 12.0. The largest absolute Gasteiger partial charge is 0.374 e. The molecule has 5 nitrogen and oxygen atoms in total. The van der Waals surface area contributed by atoms with Gasteiger partial charge in [-0.2, -0.15) is 0 Å². The average molecular weight is 275 g/mol. The number of hydrogen-bond acceptors (Lipinski definition) is 3. The number of nitrogens with one attached hydrogen (secondary N) is 2.